The van der Waals surface area contributed by atoms with Gasteiger partial charge in [0.05, 0.1) is 44.3 Å². The minimum absolute atomic E-state index is 0.00378. The number of amides is 1. The molecule has 0 atom stereocenters. The molecule has 8 heteroatoms. The Morgan fingerprint density at radius 3 is 2.32 bits per heavy atom. The quantitative estimate of drug-likeness (QED) is 0.405. The molecule has 1 heterocycles. The Morgan fingerprint density at radius 1 is 0.871 bits per heavy atom. The van der Waals surface area contributed by atoms with E-state index < -0.39 is 0 Å². The highest BCUT2D eigenvalue weighted by molar-refractivity contribution is 6.32. The van der Waals surface area contributed by atoms with Crippen LogP contribution in [0.15, 0.2) is 52.9 Å². The van der Waals surface area contributed by atoms with Crippen molar-refractivity contribution in [2.45, 2.75) is 0 Å². The Hall–Kier alpha value is -3.58. The molecule has 160 valence electrons. The van der Waals surface area contributed by atoms with Crippen molar-refractivity contribution in [3.63, 3.8) is 0 Å². The van der Waals surface area contributed by atoms with Gasteiger partial charge < -0.3 is 29.3 Å². The lowest BCUT2D eigenvalue weighted by molar-refractivity contribution is -0.114. The van der Waals surface area contributed by atoms with Crippen molar-refractivity contribution in [1.82, 2.24) is 0 Å². The van der Waals surface area contributed by atoms with Crippen molar-refractivity contribution in [3.05, 3.63) is 53.6 Å². The molecule has 0 saturated heterocycles. The zero-order valence-electron chi connectivity index (χ0n) is 17.2. The summed E-state index contributed by atoms with van der Waals surface area (Å²) in [4.78, 5) is 12.6. The first-order chi connectivity index (χ1) is 15.0. The van der Waals surface area contributed by atoms with Crippen molar-refractivity contribution in [2.24, 2.45) is 0 Å². The zero-order valence-corrected chi connectivity index (χ0v) is 18.0. The van der Waals surface area contributed by atoms with Gasteiger partial charge >= 0.3 is 0 Å². The summed E-state index contributed by atoms with van der Waals surface area (Å²) in [7, 11) is 4.58. The third-order valence-electron chi connectivity index (χ3n) is 4.89. The topological polar surface area (TPSA) is 82.0 Å². The normalized spacial score (nSPS) is 10.8. The molecular weight excluding hydrogens is 420 g/mol. The molecule has 0 aliphatic carbocycles. The van der Waals surface area contributed by atoms with E-state index in [1.807, 2.05) is 36.4 Å². The summed E-state index contributed by atoms with van der Waals surface area (Å²) in [5, 5.41) is 8.24. The smallest absolute Gasteiger partial charge is 0.243 e. The lowest BCUT2D eigenvalue weighted by atomic mass is 10.1. The number of ether oxygens (including phenoxy) is 3. The molecule has 0 spiro atoms. The largest absolute Gasteiger partial charge is 0.495 e. The van der Waals surface area contributed by atoms with Crippen molar-refractivity contribution in [3.8, 4) is 17.2 Å². The van der Waals surface area contributed by atoms with E-state index in [0.29, 0.717) is 39.2 Å². The monoisotopic (exact) mass is 440 g/mol. The number of hydrogen-bond donors (Lipinski definition) is 2. The van der Waals surface area contributed by atoms with Crippen LogP contribution in [0, 0.1) is 0 Å². The summed E-state index contributed by atoms with van der Waals surface area (Å²) in [6.45, 7) is -0.00378. The number of hydrogen-bond acceptors (Lipinski definition) is 6. The molecule has 3 aromatic carbocycles. The minimum Gasteiger partial charge on any atom is -0.495 e. The molecule has 0 unspecified atom stereocenters. The molecule has 0 aliphatic heterocycles. The summed E-state index contributed by atoms with van der Waals surface area (Å²) < 4.78 is 21.9. The van der Waals surface area contributed by atoms with E-state index in [0.717, 1.165) is 16.4 Å². The van der Waals surface area contributed by atoms with E-state index in [9.17, 15) is 4.79 Å². The average Bonchev–Trinajstić information content (AvgIpc) is 3.15. The molecule has 2 N–H and O–H groups in total. The molecule has 0 aliphatic rings. The number of methoxy groups -OCH3 is 3. The summed E-state index contributed by atoms with van der Waals surface area (Å²) in [6.07, 6.45) is 0. The zero-order chi connectivity index (χ0) is 22.0. The van der Waals surface area contributed by atoms with Gasteiger partial charge in [-0.1, -0.05) is 29.8 Å². The first-order valence-electron chi connectivity index (χ1n) is 9.48. The van der Waals surface area contributed by atoms with Crippen LogP contribution in [0.1, 0.15) is 0 Å². The third kappa shape index (κ3) is 4.04. The van der Waals surface area contributed by atoms with Crippen LogP contribution < -0.4 is 24.8 Å². The number of para-hydroxylation sites is 1. The maximum Gasteiger partial charge on any atom is 0.243 e. The first kappa shape index (κ1) is 20.7. The highest BCUT2D eigenvalue weighted by atomic mass is 35.5. The SMILES string of the molecule is COc1cc(NC(=O)CNc2cc3oc4ccccc4c3cc2OC)c(OC)cc1Cl. The Morgan fingerprint density at radius 2 is 1.58 bits per heavy atom. The van der Waals surface area contributed by atoms with E-state index in [-0.39, 0.29) is 12.5 Å². The van der Waals surface area contributed by atoms with Crippen molar-refractivity contribution >= 4 is 50.8 Å². The fraction of sp³-hybridized carbons (Fsp3) is 0.174. The molecule has 7 nitrogen and oxygen atoms in total. The lowest BCUT2D eigenvalue weighted by Gasteiger charge is -2.14. The van der Waals surface area contributed by atoms with Crippen molar-refractivity contribution in [1.29, 1.82) is 0 Å². The number of carbonyl (C=O) groups is 1. The van der Waals surface area contributed by atoms with E-state index in [4.69, 9.17) is 30.2 Å². The number of anilines is 2. The number of benzene rings is 3. The van der Waals surface area contributed by atoms with Crippen LogP contribution in [0.2, 0.25) is 5.02 Å². The second kappa shape index (κ2) is 8.65. The van der Waals surface area contributed by atoms with Crippen LogP contribution in [-0.2, 0) is 4.79 Å². The summed E-state index contributed by atoms with van der Waals surface area (Å²) in [5.74, 6) is 1.19. The number of rotatable bonds is 7. The van der Waals surface area contributed by atoms with Crippen LogP contribution in [0.4, 0.5) is 11.4 Å². The Balaban J connectivity index is 1.55. The summed E-state index contributed by atoms with van der Waals surface area (Å²) in [6, 6.07) is 14.7. The molecular formula is C23H21ClN2O5. The predicted octanol–water partition coefficient (Wildman–Crippen LogP) is 5.32. The van der Waals surface area contributed by atoms with Crippen LogP contribution in [-0.4, -0.2) is 33.8 Å². The lowest BCUT2D eigenvalue weighted by Crippen LogP contribution is -2.22. The highest BCUT2D eigenvalue weighted by Crippen LogP contribution is 2.37. The highest BCUT2D eigenvalue weighted by Gasteiger charge is 2.15. The molecule has 4 rings (SSSR count). The third-order valence-corrected chi connectivity index (χ3v) is 5.18. The fourth-order valence-electron chi connectivity index (χ4n) is 3.39. The van der Waals surface area contributed by atoms with Crippen molar-refractivity contribution < 1.29 is 23.4 Å². The Kier molecular flexibility index (Phi) is 5.77. The van der Waals surface area contributed by atoms with Crippen LogP contribution >= 0.6 is 11.6 Å². The van der Waals surface area contributed by atoms with E-state index in [2.05, 4.69) is 10.6 Å². The predicted molar refractivity (Wildman–Crippen MR) is 122 cm³/mol. The van der Waals surface area contributed by atoms with Gasteiger partial charge in [-0.2, -0.15) is 0 Å². The molecule has 0 saturated carbocycles. The number of carbonyl (C=O) groups excluding carboxylic acids is 1. The molecule has 0 radical (unpaired) electrons. The first-order valence-corrected chi connectivity index (χ1v) is 9.86. The van der Waals surface area contributed by atoms with Gasteiger partial charge in [0.1, 0.15) is 28.4 Å². The fourth-order valence-corrected chi connectivity index (χ4v) is 3.62. The average molecular weight is 441 g/mol. The number of nitrogens with one attached hydrogen (secondary N) is 2. The minimum atomic E-state index is -0.283. The molecule has 1 amide bonds. The maximum atomic E-state index is 12.6. The molecule has 0 bridgehead atoms. The van der Waals surface area contributed by atoms with Gasteiger partial charge in [-0.15, -0.1) is 0 Å². The molecule has 1 aromatic heterocycles. The second-order valence-electron chi connectivity index (χ2n) is 6.74. The van der Waals surface area contributed by atoms with Crippen LogP contribution in [0.3, 0.4) is 0 Å². The van der Waals surface area contributed by atoms with Gasteiger partial charge in [0.25, 0.3) is 0 Å². The van der Waals surface area contributed by atoms with Gasteiger partial charge in [0, 0.05) is 29.0 Å². The summed E-state index contributed by atoms with van der Waals surface area (Å²) >= 11 is 6.12. The number of halogens is 1. The van der Waals surface area contributed by atoms with Crippen molar-refractivity contribution in [2.75, 3.05) is 38.5 Å². The van der Waals surface area contributed by atoms with Crippen LogP contribution in [0.5, 0.6) is 17.2 Å². The van der Waals surface area contributed by atoms with E-state index in [1.165, 1.54) is 14.2 Å². The van der Waals surface area contributed by atoms with Gasteiger partial charge in [0.2, 0.25) is 5.91 Å². The standard InChI is InChI=1S/C23H21ClN2O5/c1-28-20-11-17(22(30-3)9-15(20)24)26-23(27)12-25-16-10-19-14(8-21(16)29-2)13-6-4-5-7-18(13)31-19/h4-11,25H,12H2,1-3H3,(H,26,27). The molecule has 0 fully saturated rings. The van der Waals surface area contributed by atoms with Gasteiger partial charge in [-0.25, -0.2) is 0 Å². The Bertz CT molecular complexity index is 1270. The van der Waals surface area contributed by atoms with Gasteiger partial charge in [-0.05, 0) is 12.1 Å². The molecule has 31 heavy (non-hydrogen) atoms. The molecule has 4 aromatic rings. The van der Waals surface area contributed by atoms with E-state index >= 15 is 0 Å². The number of fused-ring (bicyclic) bond motifs is 3. The second-order valence-corrected chi connectivity index (χ2v) is 7.14. The number of furan rings is 1. The van der Waals surface area contributed by atoms with Crippen LogP contribution in [0.25, 0.3) is 21.9 Å². The summed E-state index contributed by atoms with van der Waals surface area (Å²) in [5.41, 5.74) is 2.59. The maximum absolute atomic E-state index is 12.6. The van der Waals surface area contributed by atoms with E-state index in [1.54, 1.807) is 19.2 Å². The van der Waals surface area contributed by atoms with Gasteiger partial charge in [-0.3, -0.25) is 4.79 Å². The Labute approximate surface area is 183 Å². The van der Waals surface area contributed by atoms with Gasteiger partial charge in [0.15, 0.2) is 0 Å².